The van der Waals surface area contributed by atoms with Crippen LogP contribution in [0.2, 0.25) is 0 Å². The van der Waals surface area contributed by atoms with Crippen molar-refractivity contribution in [3.8, 4) is 0 Å². The molecule has 0 radical (unpaired) electrons. The van der Waals surface area contributed by atoms with Crippen LogP contribution in [0.5, 0.6) is 0 Å². The average molecular weight is 373 g/mol. The van der Waals surface area contributed by atoms with Crippen molar-refractivity contribution in [2.45, 2.75) is 37.8 Å². The molecule has 26 heavy (non-hydrogen) atoms. The van der Waals surface area contributed by atoms with Crippen LogP contribution in [0.1, 0.15) is 23.6 Å². The minimum Gasteiger partial charge on any atom is -0.325 e. The van der Waals surface area contributed by atoms with Gasteiger partial charge in [-0.25, -0.2) is 13.6 Å². The summed E-state index contributed by atoms with van der Waals surface area (Å²) >= 11 is 0. The van der Waals surface area contributed by atoms with E-state index in [1.54, 1.807) is 12.1 Å². The number of anilines is 1. The van der Waals surface area contributed by atoms with E-state index >= 15 is 0 Å². The van der Waals surface area contributed by atoms with Gasteiger partial charge in [0.25, 0.3) is 0 Å². The molecule has 0 saturated heterocycles. The minimum absolute atomic E-state index is 0.0199. The molecule has 0 bridgehead atoms. The molecule has 0 spiro atoms. The molecule has 138 valence electrons. The van der Waals surface area contributed by atoms with E-state index in [1.165, 1.54) is 28.8 Å². The summed E-state index contributed by atoms with van der Waals surface area (Å²) in [6.45, 7) is 5.54. The van der Waals surface area contributed by atoms with Crippen LogP contribution < -0.4 is 10.5 Å². The molecule has 3 N–H and O–H groups in total. The van der Waals surface area contributed by atoms with E-state index in [-0.39, 0.29) is 16.8 Å². The maximum absolute atomic E-state index is 12.6. The first-order valence-corrected chi connectivity index (χ1v) is 10.0. The summed E-state index contributed by atoms with van der Waals surface area (Å²) in [6, 6.07) is 12.0. The molecule has 1 aliphatic heterocycles. The van der Waals surface area contributed by atoms with Gasteiger partial charge >= 0.3 is 0 Å². The third-order valence-corrected chi connectivity index (χ3v) is 5.71. The highest BCUT2D eigenvalue weighted by Crippen LogP contribution is 2.22. The SMILES string of the molecule is Cc1ccc2c(c1)CCN(C(C)C(=O)Nc1ccc(S(N)(=O)=O)cc1)C2. The molecule has 1 aliphatic rings. The van der Waals surface area contributed by atoms with Crippen LogP contribution in [0.4, 0.5) is 5.69 Å². The summed E-state index contributed by atoms with van der Waals surface area (Å²) in [5.41, 5.74) is 4.42. The first kappa shape index (κ1) is 18.6. The summed E-state index contributed by atoms with van der Waals surface area (Å²) in [7, 11) is -3.73. The van der Waals surface area contributed by atoms with Crippen molar-refractivity contribution >= 4 is 21.6 Å². The third-order valence-electron chi connectivity index (χ3n) is 4.78. The van der Waals surface area contributed by atoms with Gasteiger partial charge in [-0.1, -0.05) is 23.8 Å². The topological polar surface area (TPSA) is 92.5 Å². The molecule has 2 aromatic rings. The number of nitrogens with one attached hydrogen (secondary N) is 1. The third kappa shape index (κ3) is 4.12. The zero-order valence-corrected chi connectivity index (χ0v) is 15.7. The number of amides is 1. The van der Waals surface area contributed by atoms with Crippen LogP contribution >= 0.6 is 0 Å². The lowest BCUT2D eigenvalue weighted by Gasteiger charge is -2.33. The molecule has 0 aliphatic carbocycles. The van der Waals surface area contributed by atoms with Crippen LogP contribution in [0.25, 0.3) is 0 Å². The second-order valence-corrected chi connectivity index (χ2v) is 8.29. The maximum atomic E-state index is 12.6. The van der Waals surface area contributed by atoms with E-state index in [9.17, 15) is 13.2 Å². The number of primary sulfonamides is 1. The average Bonchev–Trinajstić information content (AvgIpc) is 2.60. The number of aryl methyl sites for hydroxylation is 1. The number of sulfonamides is 1. The predicted molar refractivity (Wildman–Crippen MR) is 101 cm³/mol. The van der Waals surface area contributed by atoms with Crippen molar-refractivity contribution < 1.29 is 13.2 Å². The molecule has 1 atom stereocenters. The number of fused-ring (bicyclic) bond motifs is 1. The Morgan fingerprint density at radius 2 is 1.85 bits per heavy atom. The molecule has 0 fully saturated rings. The molecule has 7 heteroatoms. The zero-order valence-electron chi connectivity index (χ0n) is 14.9. The highest BCUT2D eigenvalue weighted by atomic mass is 32.2. The fourth-order valence-corrected chi connectivity index (χ4v) is 3.69. The fourth-order valence-electron chi connectivity index (χ4n) is 3.17. The van der Waals surface area contributed by atoms with E-state index in [0.29, 0.717) is 5.69 Å². The molecule has 2 aromatic carbocycles. The number of nitrogens with two attached hydrogens (primary N) is 1. The van der Waals surface area contributed by atoms with Gasteiger partial charge in [0, 0.05) is 18.8 Å². The van der Waals surface area contributed by atoms with Gasteiger partial charge in [0.15, 0.2) is 0 Å². The Kier molecular flexibility index (Phi) is 5.13. The van der Waals surface area contributed by atoms with Crippen LogP contribution in [0.3, 0.4) is 0 Å². The Morgan fingerprint density at radius 1 is 1.15 bits per heavy atom. The lowest BCUT2D eigenvalue weighted by atomic mass is 9.96. The molecule has 3 rings (SSSR count). The molecular formula is C19H23N3O3S. The van der Waals surface area contributed by atoms with Crippen molar-refractivity contribution in [2.75, 3.05) is 11.9 Å². The Bertz CT molecular complexity index is 924. The molecule has 0 saturated carbocycles. The van der Waals surface area contributed by atoms with Gasteiger partial charge in [-0.3, -0.25) is 9.69 Å². The fraction of sp³-hybridized carbons (Fsp3) is 0.316. The van der Waals surface area contributed by atoms with E-state index in [0.717, 1.165) is 19.5 Å². The largest absolute Gasteiger partial charge is 0.325 e. The summed E-state index contributed by atoms with van der Waals surface area (Å²) < 4.78 is 22.6. The minimum atomic E-state index is -3.73. The number of hydrogen-bond donors (Lipinski definition) is 2. The van der Waals surface area contributed by atoms with Gasteiger partial charge in [-0.05, 0) is 55.7 Å². The van der Waals surface area contributed by atoms with E-state index < -0.39 is 10.0 Å². The molecule has 0 aromatic heterocycles. The van der Waals surface area contributed by atoms with Crippen molar-refractivity contribution in [1.29, 1.82) is 0 Å². The van der Waals surface area contributed by atoms with Gasteiger partial charge < -0.3 is 5.32 Å². The van der Waals surface area contributed by atoms with Crippen molar-refractivity contribution in [2.24, 2.45) is 5.14 Å². The van der Waals surface area contributed by atoms with Gasteiger partial charge in [0.2, 0.25) is 15.9 Å². The molecular weight excluding hydrogens is 350 g/mol. The monoisotopic (exact) mass is 373 g/mol. The van der Waals surface area contributed by atoms with Crippen LogP contribution in [-0.2, 0) is 27.8 Å². The number of rotatable bonds is 4. The number of benzene rings is 2. The highest BCUT2D eigenvalue weighted by Gasteiger charge is 2.25. The quantitative estimate of drug-likeness (QED) is 0.858. The lowest BCUT2D eigenvalue weighted by molar-refractivity contribution is -0.121. The first-order valence-electron chi connectivity index (χ1n) is 8.50. The predicted octanol–water partition coefficient (Wildman–Crippen LogP) is 2.03. The van der Waals surface area contributed by atoms with E-state index in [2.05, 4.69) is 35.3 Å². The van der Waals surface area contributed by atoms with E-state index in [4.69, 9.17) is 5.14 Å². The first-order chi connectivity index (χ1) is 12.2. The zero-order chi connectivity index (χ0) is 18.9. The number of nitrogens with zero attached hydrogens (tertiary/aromatic N) is 1. The van der Waals surface area contributed by atoms with Crippen LogP contribution in [0.15, 0.2) is 47.4 Å². The normalized spacial score (nSPS) is 16.0. The molecule has 6 nitrogen and oxygen atoms in total. The Hall–Kier alpha value is -2.22. The van der Waals surface area contributed by atoms with Crippen molar-refractivity contribution in [1.82, 2.24) is 4.90 Å². The Balaban J connectivity index is 1.66. The maximum Gasteiger partial charge on any atom is 0.241 e. The second kappa shape index (κ2) is 7.19. The smallest absolute Gasteiger partial charge is 0.241 e. The summed E-state index contributed by atoms with van der Waals surface area (Å²) in [6.07, 6.45) is 0.928. The van der Waals surface area contributed by atoms with Crippen molar-refractivity contribution in [3.05, 3.63) is 59.2 Å². The molecule has 1 unspecified atom stereocenters. The lowest BCUT2D eigenvalue weighted by Crippen LogP contribution is -2.44. The van der Waals surface area contributed by atoms with Crippen molar-refractivity contribution in [3.63, 3.8) is 0 Å². The number of carbonyl (C=O) groups excluding carboxylic acids is 1. The second-order valence-electron chi connectivity index (χ2n) is 6.73. The summed E-state index contributed by atoms with van der Waals surface area (Å²) in [5.74, 6) is -0.121. The number of carbonyl (C=O) groups is 1. The number of hydrogen-bond acceptors (Lipinski definition) is 4. The summed E-state index contributed by atoms with van der Waals surface area (Å²) in [4.78, 5) is 14.7. The van der Waals surface area contributed by atoms with Gasteiger partial charge in [0.05, 0.1) is 10.9 Å². The van der Waals surface area contributed by atoms with Gasteiger partial charge in [-0.2, -0.15) is 0 Å². The standard InChI is InChI=1S/C19H23N3O3S/c1-13-3-4-16-12-22(10-9-15(16)11-13)14(2)19(23)21-17-5-7-18(8-6-17)26(20,24)25/h3-8,11,14H,9-10,12H2,1-2H3,(H,21,23)(H2,20,24,25). The van der Waals surface area contributed by atoms with Crippen LogP contribution in [0, 0.1) is 6.92 Å². The van der Waals surface area contributed by atoms with E-state index in [1.807, 2.05) is 6.92 Å². The van der Waals surface area contributed by atoms with Gasteiger partial charge in [0.1, 0.15) is 0 Å². The highest BCUT2D eigenvalue weighted by molar-refractivity contribution is 7.89. The van der Waals surface area contributed by atoms with Crippen LogP contribution in [-0.4, -0.2) is 31.8 Å². The molecule has 1 heterocycles. The molecule has 1 amide bonds. The summed E-state index contributed by atoms with van der Waals surface area (Å²) in [5, 5.41) is 7.91. The Morgan fingerprint density at radius 3 is 2.50 bits per heavy atom. The Labute approximate surface area is 154 Å². The van der Waals surface area contributed by atoms with Gasteiger partial charge in [-0.15, -0.1) is 0 Å².